The molecule has 0 spiro atoms. The second-order valence-corrected chi connectivity index (χ2v) is 21.3. The Morgan fingerprint density at radius 1 is 0.886 bits per heavy atom. The summed E-state index contributed by atoms with van der Waals surface area (Å²) in [6.45, 7) is 12.9. The van der Waals surface area contributed by atoms with Crippen molar-refractivity contribution in [1.29, 1.82) is 0 Å². The molecule has 0 aromatic heterocycles. The minimum absolute atomic E-state index is 0.136. The van der Waals surface area contributed by atoms with E-state index in [9.17, 15) is 53.7 Å². The average Bonchev–Trinajstić information content (AvgIpc) is 3.43. The number of thioether (sulfide) groups is 1. The van der Waals surface area contributed by atoms with Gasteiger partial charge in [-0.15, -0.1) is 0 Å². The Morgan fingerprint density at radius 3 is 2.08 bits per heavy atom. The number of carbonyl (C=O) groups is 9. The minimum Gasteiger partial charge on any atom is -0.487 e. The topological polar surface area (TPSA) is 343 Å². The van der Waals surface area contributed by atoms with Crippen molar-refractivity contribution in [2.45, 2.75) is 148 Å². The molecular formula is C55H82N8O15S. The summed E-state index contributed by atoms with van der Waals surface area (Å²) < 4.78 is 17.0. The van der Waals surface area contributed by atoms with Gasteiger partial charge >= 0.3 is 11.9 Å². The molecule has 24 heteroatoms. The molecular weight excluding hydrogens is 1040 g/mol. The summed E-state index contributed by atoms with van der Waals surface area (Å²) in [6, 6.07) is 4.47. The minimum atomic E-state index is -1.83. The zero-order valence-corrected chi connectivity index (χ0v) is 47.8. The molecule has 1 saturated heterocycles. The number of nitrogens with two attached hydrogens (primary N) is 1. The Labute approximate surface area is 466 Å². The van der Waals surface area contributed by atoms with Crippen LogP contribution in [0.3, 0.4) is 0 Å². The Hall–Kier alpha value is -6.60. The number of ether oxygens (including phenoxy) is 3. The smallest absolute Gasteiger partial charge is 0.332 e. The van der Waals surface area contributed by atoms with E-state index < -0.39 is 144 Å². The number of cyclic esters (lactones) is 1. The molecule has 7 amide bonds. The number of aliphatic hydroxyl groups is 3. The number of amides is 7. The first-order valence-electron chi connectivity index (χ1n) is 26.4. The third-order valence-electron chi connectivity index (χ3n) is 13.6. The van der Waals surface area contributed by atoms with Gasteiger partial charge in [0.2, 0.25) is 41.4 Å². The Morgan fingerprint density at radius 2 is 1.51 bits per heavy atom. The van der Waals surface area contributed by atoms with E-state index in [1.165, 1.54) is 83.0 Å². The monoisotopic (exact) mass is 1130 g/mol. The zero-order chi connectivity index (χ0) is 59.3. The lowest BCUT2D eigenvalue weighted by Crippen LogP contribution is -2.61. The molecule has 79 heavy (non-hydrogen) atoms. The van der Waals surface area contributed by atoms with Crippen LogP contribution in [-0.4, -0.2) is 172 Å². The van der Waals surface area contributed by atoms with Crippen molar-refractivity contribution in [3.8, 4) is 5.75 Å². The lowest BCUT2D eigenvalue weighted by molar-refractivity contribution is -0.160. The normalized spacial score (nSPS) is 23.8. The van der Waals surface area contributed by atoms with E-state index in [2.05, 4.69) is 31.9 Å². The Bertz CT molecular complexity index is 2410. The predicted octanol–water partition coefficient (Wildman–Crippen LogP) is 0.324. The van der Waals surface area contributed by atoms with E-state index in [-0.39, 0.29) is 29.9 Å². The van der Waals surface area contributed by atoms with Crippen LogP contribution in [0.15, 0.2) is 66.7 Å². The fourth-order valence-corrected chi connectivity index (χ4v) is 9.34. The Balaban J connectivity index is 2.31. The number of nitrogens with zero attached hydrogens (tertiary/aromatic N) is 1. The summed E-state index contributed by atoms with van der Waals surface area (Å²) in [5.74, 6) is -9.55. The van der Waals surface area contributed by atoms with Crippen LogP contribution in [0.25, 0.3) is 0 Å². The molecule has 0 bridgehead atoms. The molecule has 11 N–H and O–H groups in total. The van der Waals surface area contributed by atoms with E-state index in [0.29, 0.717) is 24.3 Å². The summed E-state index contributed by atoms with van der Waals surface area (Å²) >= 11 is 1.41. The maximum absolute atomic E-state index is 15.3. The van der Waals surface area contributed by atoms with Gasteiger partial charge in [-0.2, -0.15) is 11.8 Å². The highest BCUT2D eigenvalue weighted by Crippen LogP contribution is 2.28. The van der Waals surface area contributed by atoms with Gasteiger partial charge in [0.25, 0.3) is 0 Å². The molecule has 13 atom stereocenters. The molecule has 1 fully saturated rings. The van der Waals surface area contributed by atoms with Crippen LogP contribution in [0.5, 0.6) is 5.75 Å². The molecule has 438 valence electrons. The number of nitrogens with one attached hydrogen (secondary N) is 6. The van der Waals surface area contributed by atoms with Crippen LogP contribution in [0.4, 0.5) is 0 Å². The summed E-state index contributed by atoms with van der Waals surface area (Å²) in [7, 11) is 2.75. The van der Waals surface area contributed by atoms with Crippen molar-refractivity contribution in [2.75, 3.05) is 38.8 Å². The number of hydrogen-bond acceptors (Lipinski definition) is 17. The van der Waals surface area contributed by atoms with E-state index in [1.54, 1.807) is 65.0 Å². The highest BCUT2D eigenvalue weighted by molar-refractivity contribution is 7.99. The molecule has 0 radical (unpaired) electrons. The van der Waals surface area contributed by atoms with Gasteiger partial charge in [-0.05, 0) is 80.7 Å². The molecule has 2 aromatic carbocycles. The third kappa shape index (κ3) is 19.9. The largest absolute Gasteiger partial charge is 0.487 e. The van der Waals surface area contributed by atoms with Gasteiger partial charge in [0, 0.05) is 39.3 Å². The summed E-state index contributed by atoms with van der Waals surface area (Å²) in [6.07, 6.45) is -2.05. The first kappa shape index (κ1) is 66.7. The average molecular weight is 1130 g/mol. The number of benzene rings is 2. The van der Waals surface area contributed by atoms with E-state index in [1.807, 2.05) is 0 Å². The fourth-order valence-electron chi connectivity index (χ4n) is 8.17. The van der Waals surface area contributed by atoms with E-state index >= 15 is 4.79 Å². The maximum Gasteiger partial charge on any atom is 0.332 e. The van der Waals surface area contributed by atoms with Crippen molar-refractivity contribution in [1.82, 2.24) is 36.8 Å². The summed E-state index contributed by atoms with van der Waals surface area (Å²) in [4.78, 5) is 127. The molecule has 1 aliphatic rings. The van der Waals surface area contributed by atoms with Gasteiger partial charge in [-0.25, -0.2) is 4.79 Å². The van der Waals surface area contributed by atoms with Crippen LogP contribution in [0.1, 0.15) is 92.3 Å². The summed E-state index contributed by atoms with van der Waals surface area (Å²) in [5.41, 5.74) is 4.73. The predicted molar refractivity (Wildman–Crippen MR) is 294 cm³/mol. The lowest BCUT2D eigenvalue weighted by atomic mass is 9.93. The van der Waals surface area contributed by atoms with Crippen LogP contribution >= 0.6 is 11.8 Å². The van der Waals surface area contributed by atoms with Gasteiger partial charge in [-0.3, -0.25) is 38.4 Å². The fraction of sp³-hybridized carbons (Fsp3) is 0.582. The highest BCUT2D eigenvalue weighted by Gasteiger charge is 2.42. The van der Waals surface area contributed by atoms with Crippen LogP contribution in [-0.2, 0) is 59.0 Å². The molecule has 23 nitrogen and oxygen atoms in total. The van der Waals surface area contributed by atoms with Gasteiger partial charge in [-0.1, -0.05) is 83.5 Å². The van der Waals surface area contributed by atoms with Crippen LogP contribution in [0, 0.1) is 17.8 Å². The van der Waals surface area contributed by atoms with Gasteiger partial charge in [0.05, 0.1) is 18.1 Å². The quantitative estimate of drug-likeness (QED) is 0.0431. The van der Waals surface area contributed by atoms with Crippen molar-refractivity contribution >= 4 is 65.1 Å². The maximum atomic E-state index is 15.3. The number of aliphatic hydroxyl groups excluding tert-OH is 2. The van der Waals surface area contributed by atoms with Gasteiger partial charge in [0.15, 0.2) is 6.04 Å². The van der Waals surface area contributed by atoms with Crippen molar-refractivity contribution in [3.63, 3.8) is 0 Å². The van der Waals surface area contributed by atoms with Crippen LogP contribution in [0.2, 0.25) is 0 Å². The first-order chi connectivity index (χ1) is 37.2. The zero-order valence-electron chi connectivity index (χ0n) is 47.0. The third-order valence-corrected chi connectivity index (χ3v) is 14.9. The van der Waals surface area contributed by atoms with Crippen molar-refractivity contribution in [3.05, 3.63) is 77.9 Å². The molecule has 2 aromatic rings. The lowest BCUT2D eigenvalue weighted by Gasteiger charge is -2.34. The number of carbonyl (C=O) groups excluding carboxylic acids is 9. The SMILES string of the molecule is CC[C@H](C)[C@H]1NC(=O)[C@@H](NC(=O)[C@H](C)[C@H](O)C(C)C)[C@@H](C)OC(=O)[C@H](COC(C)=O)NC(=O)[C@@H]([C@@H](C)O)NC(=O)[C@H](Cc2ccccc2)N(C)C(=O)[C@H](c2ccc(O[C@H](C)[C@](O)(/C=C/C(=O)NC)CSCCCN)cc2)NC1=O. The van der Waals surface area contributed by atoms with Crippen LogP contribution < -0.4 is 42.4 Å². The second-order valence-electron chi connectivity index (χ2n) is 20.2. The second kappa shape index (κ2) is 31.9. The van der Waals surface area contributed by atoms with Crippen molar-refractivity contribution in [2.24, 2.45) is 23.5 Å². The molecule has 0 saturated carbocycles. The standard InChI is InChI=1S/C55H82N8O15S/c1-12-31(4)43-50(70)62-46(38-19-21-39(22-20-38)78-35(8)55(75,24-23-42(66)57-10)29-79-26-16-25-56)53(73)63(11)41(27-37-17-14-13-15-18-37)49(69)60-44(33(6)64)51(71)58-40(28-76-36(9)65)54(74)77-34(7)45(52(72)59-43)61-48(68)32(5)47(67)30(2)3/h13-15,17-24,30-35,40-41,43-47,64,67,75H,12,16,25-29,56H2,1-11H3,(H,57,66)(H,58,71)(H,59,72)(H,60,69)(H,61,68)(H,62,70)/b24-23+/t31-,32+,33+,34+,35+,40-,41-,43+,44+,45-,46-,47+,55-/m0/s1. The number of hydrogen-bond donors (Lipinski definition) is 10. The number of esters is 2. The first-order valence-corrected chi connectivity index (χ1v) is 27.6. The summed E-state index contributed by atoms with van der Waals surface area (Å²) in [5, 5.41) is 49.0. The van der Waals surface area contributed by atoms with E-state index in [4.69, 9.17) is 19.9 Å². The number of rotatable bonds is 22. The molecule has 1 heterocycles. The molecule has 0 aliphatic carbocycles. The van der Waals surface area contributed by atoms with E-state index in [0.717, 1.165) is 11.8 Å². The van der Waals surface area contributed by atoms with Gasteiger partial charge in [0.1, 0.15) is 60.4 Å². The highest BCUT2D eigenvalue weighted by atomic mass is 32.2. The molecule has 0 unspecified atom stereocenters. The van der Waals surface area contributed by atoms with Gasteiger partial charge < -0.3 is 72.1 Å². The molecule has 3 rings (SSSR count). The Kier molecular flexibility index (Phi) is 26.9. The number of likely N-dealkylation sites (N-methyl/N-ethyl adjacent to an activating group) is 2. The van der Waals surface area contributed by atoms with Crippen molar-refractivity contribution < 1.29 is 72.7 Å². The molecule has 1 aliphatic heterocycles.